The molecule has 0 unspecified atom stereocenters. The third-order valence-electron chi connectivity index (χ3n) is 5.36. The lowest BCUT2D eigenvalue weighted by molar-refractivity contribution is 0.459. The lowest BCUT2D eigenvalue weighted by Gasteiger charge is -2.17. The average Bonchev–Trinajstić information content (AvgIpc) is 3.44. The largest absolute Gasteiger partial charge is 0.438 e. The molecule has 29 heavy (non-hydrogen) atoms. The van der Waals surface area contributed by atoms with E-state index >= 15 is 0 Å². The van der Waals surface area contributed by atoms with Crippen LogP contribution in [0.2, 0.25) is 0 Å². The molecule has 6 nitrogen and oxygen atoms in total. The zero-order valence-corrected chi connectivity index (χ0v) is 16.3. The third-order valence-corrected chi connectivity index (χ3v) is 5.36. The summed E-state index contributed by atoms with van der Waals surface area (Å²) < 4.78 is 11.2. The molecule has 0 aliphatic heterocycles. The fraction of sp³-hybridized carbons (Fsp3) is 0.217. The Morgan fingerprint density at radius 1 is 0.828 bits per heavy atom. The highest BCUT2D eigenvalue weighted by atomic mass is 16.5. The minimum atomic E-state index is 0.149. The Bertz CT molecular complexity index is 1130. The first-order chi connectivity index (χ1) is 14.1. The summed E-state index contributed by atoms with van der Waals surface area (Å²) in [6.45, 7) is 3.85. The molecule has 2 heterocycles. The van der Waals surface area contributed by atoms with E-state index in [1.807, 2.05) is 12.1 Å². The number of ether oxygens (including phenoxy) is 1. The predicted molar refractivity (Wildman–Crippen MR) is 108 cm³/mol. The van der Waals surface area contributed by atoms with Gasteiger partial charge in [0.25, 0.3) is 5.89 Å². The molecule has 0 N–H and O–H groups in total. The fourth-order valence-electron chi connectivity index (χ4n) is 3.58. The Kier molecular flexibility index (Phi) is 4.12. The van der Waals surface area contributed by atoms with E-state index in [-0.39, 0.29) is 5.41 Å². The molecule has 0 atom stereocenters. The van der Waals surface area contributed by atoms with Crippen molar-refractivity contribution in [3.05, 3.63) is 83.5 Å². The number of benzene rings is 2. The van der Waals surface area contributed by atoms with Crippen LogP contribution in [0, 0.1) is 13.8 Å². The summed E-state index contributed by atoms with van der Waals surface area (Å²) in [5, 5.41) is 7.73. The van der Waals surface area contributed by atoms with Crippen molar-refractivity contribution in [2.45, 2.75) is 32.1 Å². The van der Waals surface area contributed by atoms with E-state index < -0.39 is 0 Å². The maximum absolute atomic E-state index is 5.84. The monoisotopic (exact) mass is 384 g/mol. The van der Waals surface area contributed by atoms with Crippen LogP contribution in [0.5, 0.6) is 11.6 Å². The van der Waals surface area contributed by atoms with E-state index in [1.54, 1.807) is 19.3 Å². The predicted octanol–water partition coefficient (Wildman–Crippen LogP) is 5.02. The summed E-state index contributed by atoms with van der Waals surface area (Å²) in [4.78, 5) is 8.57. The summed E-state index contributed by atoms with van der Waals surface area (Å²) in [5.41, 5.74) is 4.66. The third kappa shape index (κ3) is 3.38. The van der Waals surface area contributed by atoms with Gasteiger partial charge in [0.15, 0.2) is 0 Å². The lowest BCUT2D eigenvalue weighted by Crippen LogP contribution is -2.08. The zero-order chi connectivity index (χ0) is 19.8. The standard InChI is InChI=1S/C23H20N4O2/c1-15-3-5-17(6-4-15)23(11-12-23)18-7-9-19(10-8-18)29-21-14-24-20(13-25-21)22-27-26-16(2)28-22/h3-10,13-14H,11-12H2,1-2H3. The highest BCUT2D eigenvalue weighted by Crippen LogP contribution is 2.53. The van der Waals surface area contributed by atoms with Gasteiger partial charge in [-0.15, -0.1) is 10.2 Å². The van der Waals surface area contributed by atoms with Crippen LogP contribution >= 0.6 is 0 Å². The minimum Gasteiger partial charge on any atom is -0.438 e. The Balaban J connectivity index is 1.31. The number of hydrogen-bond donors (Lipinski definition) is 0. The minimum absolute atomic E-state index is 0.149. The van der Waals surface area contributed by atoms with Crippen molar-refractivity contribution in [1.29, 1.82) is 0 Å². The summed E-state index contributed by atoms with van der Waals surface area (Å²) in [6, 6.07) is 17.1. The van der Waals surface area contributed by atoms with Crippen LogP contribution in [-0.2, 0) is 5.41 Å². The lowest BCUT2D eigenvalue weighted by atomic mass is 9.88. The van der Waals surface area contributed by atoms with Crippen LogP contribution in [0.1, 0.15) is 35.4 Å². The van der Waals surface area contributed by atoms with Gasteiger partial charge in [0.05, 0.1) is 12.4 Å². The van der Waals surface area contributed by atoms with Gasteiger partial charge in [-0.05, 0) is 43.0 Å². The highest BCUT2D eigenvalue weighted by molar-refractivity contribution is 5.47. The number of aryl methyl sites for hydroxylation is 2. The molecule has 5 rings (SSSR count). The molecule has 6 heteroatoms. The van der Waals surface area contributed by atoms with Gasteiger partial charge in [-0.25, -0.2) is 9.97 Å². The number of aromatic nitrogens is 4. The van der Waals surface area contributed by atoms with Crippen molar-refractivity contribution in [2.24, 2.45) is 0 Å². The molecule has 0 amide bonds. The van der Waals surface area contributed by atoms with E-state index in [0.29, 0.717) is 23.4 Å². The van der Waals surface area contributed by atoms with Crippen molar-refractivity contribution < 1.29 is 9.15 Å². The molecular formula is C23H20N4O2. The first-order valence-corrected chi connectivity index (χ1v) is 9.60. The van der Waals surface area contributed by atoms with Gasteiger partial charge in [0.2, 0.25) is 11.8 Å². The van der Waals surface area contributed by atoms with E-state index in [1.165, 1.54) is 29.5 Å². The van der Waals surface area contributed by atoms with Crippen LogP contribution < -0.4 is 4.74 Å². The first kappa shape index (κ1) is 17.6. The molecule has 2 aromatic heterocycles. The summed E-state index contributed by atoms with van der Waals surface area (Å²) in [7, 11) is 0. The molecule has 1 saturated carbocycles. The van der Waals surface area contributed by atoms with Crippen molar-refractivity contribution in [3.8, 4) is 23.2 Å². The van der Waals surface area contributed by atoms with Crippen LogP contribution in [-0.4, -0.2) is 20.2 Å². The number of hydrogen-bond acceptors (Lipinski definition) is 6. The Morgan fingerprint density at radius 2 is 1.52 bits per heavy atom. The highest BCUT2D eigenvalue weighted by Gasteiger charge is 2.45. The van der Waals surface area contributed by atoms with Crippen LogP contribution in [0.4, 0.5) is 0 Å². The number of nitrogens with zero attached hydrogens (tertiary/aromatic N) is 4. The van der Waals surface area contributed by atoms with Gasteiger partial charge >= 0.3 is 0 Å². The Hall–Kier alpha value is -3.54. The average molecular weight is 384 g/mol. The van der Waals surface area contributed by atoms with Crippen LogP contribution in [0.15, 0.2) is 65.3 Å². The molecule has 0 saturated heterocycles. The van der Waals surface area contributed by atoms with Gasteiger partial charge in [-0.2, -0.15) is 0 Å². The quantitative estimate of drug-likeness (QED) is 0.481. The summed E-state index contributed by atoms with van der Waals surface area (Å²) in [5.74, 6) is 1.97. The molecule has 0 spiro atoms. The van der Waals surface area contributed by atoms with Crippen molar-refractivity contribution in [2.75, 3.05) is 0 Å². The van der Waals surface area contributed by atoms with Crippen molar-refractivity contribution in [3.63, 3.8) is 0 Å². The van der Waals surface area contributed by atoms with Crippen molar-refractivity contribution in [1.82, 2.24) is 20.2 Å². The molecular weight excluding hydrogens is 364 g/mol. The maximum atomic E-state index is 5.84. The SMILES string of the molecule is Cc1ccc(C2(c3ccc(Oc4cnc(-c5nnc(C)o5)cn4)cc3)CC2)cc1. The van der Waals surface area contributed by atoms with Gasteiger partial charge in [-0.1, -0.05) is 42.0 Å². The zero-order valence-electron chi connectivity index (χ0n) is 16.3. The topological polar surface area (TPSA) is 73.9 Å². The van der Waals surface area contributed by atoms with E-state index in [4.69, 9.17) is 9.15 Å². The Morgan fingerprint density at radius 3 is 2.07 bits per heavy atom. The Labute approximate surface area is 168 Å². The maximum Gasteiger partial charge on any atom is 0.267 e. The van der Waals surface area contributed by atoms with Crippen LogP contribution in [0.3, 0.4) is 0 Å². The van der Waals surface area contributed by atoms with Crippen molar-refractivity contribution >= 4 is 0 Å². The smallest absolute Gasteiger partial charge is 0.267 e. The van der Waals surface area contributed by atoms with Gasteiger partial charge in [0.1, 0.15) is 11.4 Å². The summed E-state index contributed by atoms with van der Waals surface area (Å²) >= 11 is 0. The molecule has 2 aromatic carbocycles. The van der Waals surface area contributed by atoms with E-state index in [0.717, 1.165) is 5.75 Å². The second-order valence-corrected chi connectivity index (χ2v) is 7.44. The van der Waals surface area contributed by atoms with E-state index in [2.05, 4.69) is 63.5 Å². The first-order valence-electron chi connectivity index (χ1n) is 9.60. The molecule has 1 fully saturated rings. The normalized spacial score (nSPS) is 14.6. The molecule has 0 radical (unpaired) electrons. The van der Waals surface area contributed by atoms with E-state index in [9.17, 15) is 0 Å². The fourth-order valence-corrected chi connectivity index (χ4v) is 3.58. The molecule has 1 aliphatic rings. The van der Waals surface area contributed by atoms with Gasteiger partial charge < -0.3 is 9.15 Å². The summed E-state index contributed by atoms with van der Waals surface area (Å²) in [6.07, 6.45) is 5.47. The molecule has 0 bridgehead atoms. The van der Waals surface area contributed by atoms with Gasteiger partial charge in [-0.3, -0.25) is 0 Å². The number of rotatable bonds is 5. The molecule has 1 aliphatic carbocycles. The second kappa shape index (κ2) is 6.81. The molecule has 144 valence electrons. The van der Waals surface area contributed by atoms with Crippen LogP contribution in [0.25, 0.3) is 11.6 Å². The van der Waals surface area contributed by atoms with Gasteiger partial charge in [0, 0.05) is 12.3 Å². The second-order valence-electron chi connectivity index (χ2n) is 7.44. The molecule has 4 aromatic rings.